The van der Waals surface area contributed by atoms with Crippen molar-refractivity contribution in [1.82, 2.24) is 14.5 Å². The molecule has 0 aliphatic heterocycles. The van der Waals surface area contributed by atoms with Gasteiger partial charge in [-0.05, 0) is 53.6 Å². The molecule has 0 bridgehead atoms. The second kappa shape index (κ2) is 9.90. The Bertz CT molecular complexity index is 1810. The molecule has 1 N–H and O–H groups in total. The van der Waals surface area contributed by atoms with Crippen LogP contribution in [0.1, 0.15) is 5.56 Å². The van der Waals surface area contributed by atoms with Crippen LogP contribution in [0.3, 0.4) is 0 Å². The molecule has 0 saturated carbocycles. The summed E-state index contributed by atoms with van der Waals surface area (Å²) in [7, 11) is -3.46. The van der Waals surface area contributed by atoms with E-state index in [0.717, 1.165) is 39.4 Å². The van der Waals surface area contributed by atoms with Gasteiger partial charge in [0.2, 0.25) is 16.0 Å². The van der Waals surface area contributed by atoms with Crippen LogP contribution in [0.5, 0.6) is 5.75 Å². The van der Waals surface area contributed by atoms with Crippen LogP contribution in [-0.2, 0) is 10.0 Å². The average molecular weight is 552 g/mol. The summed E-state index contributed by atoms with van der Waals surface area (Å²) < 4.78 is 32.7. The molecule has 0 spiro atoms. The van der Waals surface area contributed by atoms with Crippen LogP contribution in [0, 0.1) is 11.3 Å². The van der Waals surface area contributed by atoms with Gasteiger partial charge >= 0.3 is 0 Å². The zero-order valence-corrected chi connectivity index (χ0v) is 21.8. The zero-order valence-electron chi connectivity index (χ0n) is 19.4. The number of ether oxygens (including phenoxy) is 1. The first-order valence-corrected chi connectivity index (χ1v) is 13.8. The predicted molar refractivity (Wildman–Crippen MR) is 146 cm³/mol. The predicted octanol–water partition coefficient (Wildman–Crippen LogP) is 5.75. The topological polar surface area (TPSA) is 110 Å². The van der Waals surface area contributed by atoms with Crippen molar-refractivity contribution in [2.24, 2.45) is 0 Å². The van der Waals surface area contributed by atoms with Crippen molar-refractivity contribution in [1.29, 1.82) is 5.26 Å². The first kappa shape index (κ1) is 24.8. The Hall–Kier alpha value is -3.84. The number of hydrogen-bond acceptors (Lipinski definition) is 6. The van der Waals surface area contributed by atoms with Gasteiger partial charge in [-0.25, -0.2) is 18.4 Å². The van der Waals surface area contributed by atoms with Crippen LogP contribution in [-0.4, -0.2) is 41.7 Å². The third kappa shape index (κ3) is 5.18. The highest BCUT2D eigenvalue weighted by molar-refractivity contribution is 7.91. The maximum atomic E-state index is 11.5. The van der Waals surface area contributed by atoms with Crippen molar-refractivity contribution in [3.05, 3.63) is 77.6 Å². The molecule has 0 saturated heterocycles. The number of rotatable bonds is 7. The third-order valence-electron chi connectivity index (χ3n) is 5.63. The smallest absolute Gasteiger partial charge is 0.237 e. The molecule has 2 aromatic heterocycles. The van der Waals surface area contributed by atoms with E-state index in [9.17, 15) is 13.7 Å². The highest BCUT2D eigenvalue weighted by atomic mass is 35.5. The number of hydrogen-bond donors (Lipinski definition) is 1. The van der Waals surface area contributed by atoms with Crippen molar-refractivity contribution < 1.29 is 13.2 Å². The molecule has 5 aromatic rings. The van der Waals surface area contributed by atoms with E-state index in [1.807, 2.05) is 47.2 Å². The molecule has 0 amide bonds. The minimum Gasteiger partial charge on any atom is -0.489 e. The molecule has 0 atom stereocenters. The Morgan fingerprint density at radius 1 is 1.08 bits per heavy atom. The Morgan fingerprint density at radius 2 is 1.84 bits per heavy atom. The van der Waals surface area contributed by atoms with Crippen molar-refractivity contribution in [2.45, 2.75) is 0 Å². The quantitative estimate of drug-likeness (QED) is 0.257. The lowest BCUT2D eigenvalue weighted by molar-refractivity contribution is 0.342. The molecule has 8 nitrogen and oxygen atoms in total. The molecule has 0 radical (unpaired) electrons. The van der Waals surface area contributed by atoms with Crippen LogP contribution < -0.4 is 9.46 Å². The van der Waals surface area contributed by atoms with E-state index in [-0.39, 0.29) is 12.6 Å². The van der Waals surface area contributed by atoms with Crippen molar-refractivity contribution in [3.63, 3.8) is 0 Å². The number of anilines is 1. The molecule has 3 aromatic carbocycles. The van der Waals surface area contributed by atoms with Gasteiger partial charge in [0.05, 0.1) is 33.8 Å². The number of alkyl halides is 1. The number of benzene rings is 3. The van der Waals surface area contributed by atoms with Crippen molar-refractivity contribution in [2.75, 3.05) is 23.5 Å². The Labute approximate surface area is 223 Å². The molecule has 37 heavy (non-hydrogen) atoms. The van der Waals surface area contributed by atoms with Gasteiger partial charge in [0.25, 0.3) is 0 Å². The summed E-state index contributed by atoms with van der Waals surface area (Å²) in [4.78, 5) is 8.38. The fourth-order valence-corrected chi connectivity index (χ4v) is 4.84. The fraction of sp³-hybridized carbons (Fsp3) is 0.115. The highest BCUT2D eigenvalue weighted by Crippen LogP contribution is 2.34. The maximum Gasteiger partial charge on any atom is 0.237 e. The lowest BCUT2D eigenvalue weighted by Crippen LogP contribution is -2.12. The zero-order chi connectivity index (χ0) is 26.2. The lowest BCUT2D eigenvalue weighted by Gasteiger charge is -2.12. The number of sulfonamides is 1. The minimum absolute atomic E-state index is 0.0313. The van der Waals surface area contributed by atoms with E-state index in [1.165, 1.54) is 0 Å². The van der Waals surface area contributed by atoms with Crippen LogP contribution in [0.25, 0.3) is 38.6 Å². The van der Waals surface area contributed by atoms with Crippen molar-refractivity contribution in [3.8, 4) is 28.6 Å². The molecule has 2 heterocycles. The SMILES string of the molecule is CS(=O)(=O)Nc1ncc2cc(-c3ccc4c(ccn4-c4cc(Cl)c(OCCCl)c(C#N)c4)c3)ccc2n1. The van der Waals surface area contributed by atoms with E-state index in [2.05, 4.69) is 26.8 Å². The molecule has 0 aliphatic rings. The Kier molecular flexibility index (Phi) is 6.65. The third-order valence-corrected chi connectivity index (χ3v) is 6.62. The molecular weight excluding hydrogens is 533 g/mol. The van der Waals surface area contributed by atoms with Crippen LogP contribution >= 0.6 is 23.2 Å². The summed E-state index contributed by atoms with van der Waals surface area (Å²) in [5, 5.41) is 11.7. The van der Waals surface area contributed by atoms with Gasteiger partial charge in [0.1, 0.15) is 12.7 Å². The average Bonchev–Trinajstić information content (AvgIpc) is 3.29. The summed E-state index contributed by atoms with van der Waals surface area (Å²) >= 11 is 12.1. The number of aromatic nitrogens is 3. The van der Waals surface area contributed by atoms with E-state index in [1.54, 1.807) is 18.3 Å². The summed E-state index contributed by atoms with van der Waals surface area (Å²) in [5.41, 5.74) is 4.60. The van der Waals surface area contributed by atoms with Crippen molar-refractivity contribution >= 4 is 61.0 Å². The van der Waals surface area contributed by atoms with Crippen LogP contribution in [0.15, 0.2) is 67.0 Å². The highest BCUT2D eigenvalue weighted by Gasteiger charge is 2.14. The van der Waals surface area contributed by atoms with Gasteiger partial charge in [0, 0.05) is 28.9 Å². The van der Waals surface area contributed by atoms with Gasteiger partial charge in [0.15, 0.2) is 5.75 Å². The normalized spacial score (nSPS) is 11.5. The second-order valence-corrected chi connectivity index (χ2v) is 10.8. The molecule has 186 valence electrons. The van der Waals surface area contributed by atoms with Gasteiger partial charge in [-0.1, -0.05) is 23.7 Å². The number of nitrogens with zero attached hydrogens (tertiary/aromatic N) is 4. The van der Waals surface area contributed by atoms with E-state index < -0.39 is 10.0 Å². The summed E-state index contributed by atoms with van der Waals surface area (Å²) in [6, 6.07) is 19.4. The van der Waals surface area contributed by atoms with E-state index >= 15 is 0 Å². The first-order valence-electron chi connectivity index (χ1n) is 11.0. The second-order valence-electron chi connectivity index (χ2n) is 8.25. The number of nitrogens with one attached hydrogen (secondary N) is 1. The van der Waals surface area contributed by atoms with Crippen LogP contribution in [0.2, 0.25) is 5.02 Å². The summed E-state index contributed by atoms with van der Waals surface area (Å²) in [6.07, 6.45) is 4.56. The lowest BCUT2D eigenvalue weighted by atomic mass is 10.0. The van der Waals surface area contributed by atoms with Gasteiger partial charge in [-0.15, -0.1) is 11.6 Å². The number of halogens is 2. The minimum atomic E-state index is -3.46. The largest absolute Gasteiger partial charge is 0.489 e. The maximum absolute atomic E-state index is 11.5. The van der Waals surface area contributed by atoms with Gasteiger partial charge in [-0.3, -0.25) is 4.72 Å². The molecular formula is C26H19Cl2N5O3S. The Morgan fingerprint density at radius 3 is 2.57 bits per heavy atom. The van der Waals surface area contributed by atoms with Crippen LogP contribution in [0.4, 0.5) is 5.95 Å². The van der Waals surface area contributed by atoms with E-state index in [4.69, 9.17) is 27.9 Å². The first-order chi connectivity index (χ1) is 17.8. The monoisotopic (exact) mass is 551 g/mol. The fourth-order valence-electron chi connectivity index (χ4n) is 4.06. The Balaban J connectivity index is 1.49. The van der Waals surface area contributed by atoms with Gasteiger partial charge in [-0.2, -0.15) is 5.26 Å². The van der Waals surface area contributed by atoms with E-state index in [0.29, 0.717) is 27.7 Å². The molecule has 0 unspecified atom stereocenters. The number of nitriles is 1. The molecule has 11 heteroatoms. The molecule has 0 fully saturated rings. The number of fused-ring (bicyclic) bond motifs is 2. The van der Waals surface area contributed by atoms with Gasteiger partial charge < -0.3 is 9.30 Å². The summed E-state index contributed by atoms with van der Waals surface area (Å²) in [5.74, 6) is 0.648. The molecule has 0 aliphatic carbocycles. The molecule has 5 rings (SSSR count). The summed E-state index contributed by atoms with van der Waals surface area (Å²) in [6.45, 7) is 0.254. The standard InChI is InChI=1S/C26H19Cl2N5O3S/c1-37(34,35)32-26-30-15-20-11-16(2-4-23(20)31-26)17-3-5-24-18(10-17)6-8-33(24)21-12-19(14-29)25(22(28)13-21)36-9-7-27/h2-6,8,10-13,15H,7,9H2,1H3,(H,30,31,32).